The van der Waals surface area contributed by atoms with Crippen LogP contribution in [0.5, 0.6) is 5.75 Å². The number of hydrogen-bond acceptors (Lipinski definition) is 3. The fourth-order valence-corrected chi connectivity index (χ4v) is 2.39. The molecule has 4 heteroatoms. The fourth-order valence-electron chi connectivity index (χ4n) is 2.16. The van der Waals surface area contributed by atoms with Gasteiger partial charge in [-0.15, -0.1) is 0 Å². The molecule has 2 aromatic carbocycles. The zero-order valence-corrected chi connectivity index (χ0v) is 14.1. The van der Waals surface area contributed by atoms with Gasteiger partial charge in [-0.05, 0) is 36.8 Å². The first kappa shape index (κ1) is 17.5. The quantitative estimate of drug-likeness (QED) is 0.401. The summed E-state index contributed by atoms with van der Waals surface area (Å²) in [5.41, 5.74) is 1.42. The number of carbonyl (C=O) groups is 1. The SMILES string of the molecule is CC(=O)c1ccc(OCCOC(Cl)C(C)c2ccccc2)cc1. The van der Waals surface area contributed by atoms with E-state index in [1.54, 1.807) is 24.3 Å². The first-order valence-corrected chi connectivity index (χ1v) is 8.06. The lowest BCUT2D eigenvalue weighted by atomic mass is 10.0. The second-order valence-corrected chi connectivity index (χ2v) is 5.78. The number of alkyl halides is 1. The van der Waals surface area contributed by atoms with E-state index >= 15 is 0 Å². The number of ketones is 1. The van der Waals surface area contributed by atoms with Crippen LogP contribution in [0.3, 0.4) is 0 Å². The van der Waals surface area contributed by atoms with E-state index in [4.69, 9.17) is 21.1 Å². The van der Waals surface area contributed by atoms with Gasteiger partial charge in [-0.25, -0.2) is 0 Å². The van der Waals surface area contributed by atoms with Crippen LogP contribution >= 0.6 is 11.6 Å². The summed E-state index contributed by atoms with van der Waals surface area (Å²) in [6.07, 6.45) is 0. The van der Waals surface area contributed by atoms with Gasteiger partial charge < -0.3 is 9.47 Å². The Morgan fingerprint density at radius 1 is 1.04 bits per heavy atom. The van der Waals surface area contributed by atoms with Crippen LogP contribution in [0.25, 0.3) is 0 Å². The number of Topliss-reactive ketones (excluding diaryl/α,β-unsaturated/α-hetero) is 1. The molecule has 3 nitrogen and oxygen atoms in total. The molecule has 0 fully saturated rings. The van der Waals surface area contributed by atoms with Crippen LogP contribution in [0.1, 0.15) is 35.7 Å². The van der Waals surface area contributed by atoms with Crippen molar-refractivity contribution in [3.8, 4) is 5.75 Å². The normalized spacial score (nSPS) is 13.3. The van der Waals surface area contributed by atoms with Crippen LogP contribution in [0.2, 0.25) is 0 Å². The van der Waals surface area contributed by atoms with Crippen LogP contribution in [0.15, 0.2) is 54.6 Å². The van der Waals surface area contributed by atoms with E-state index in [1.807, 2.05) is 37.3 Å². The van der Waals surface area contributed by atoms with Crippen molar-refractivity contribution in [2.75, 3.05) is 13.2 Å². The molecule has 0 spiro atoms. The second-order valence-electron chi connectivity index (χ2n) is 5.35. The molecule has 2 atom stereocenters. The molecule has 0 aliphatic carbocycles. The molecular weight excluding hydrogens is 312 g/mol. The van der Waals surface area contributed by atoms with Gasteiger partial charge in [0, 0.05) is 11.5 Å². The first-order chi connectivity index (χ1) is 11.1. The highest BCUT2D eigenvalue weighted by atomic mass is 35.5. The number of rotatable bonds is 8. The minimum atomic E-state index is -0.402. The largest absolute Gasteiger partial charge is 0.491 e. The van der Waals surface area contributed by atoms with Gasteiger partial charge in [-0.2, -0.15) is 0 Å². The zero-order chi connectivity index (χ0) is 16.7. The predicted molar refractivity (Wildman–Crippen MR) is 92.4 cm³/mol. The van der Waals surface area contributed by atoms with Gasteiger partial charge in [0.25, 0.3) is 0 Å². The number of carbonyl (C=O) groups excluding carboxylic acids is 1. The van der Waals surface area contributed by atoms with Gasteiger partial charge in [0.1, 0.15) is 17.9 Å². The lowest BCUT2D eigenvalue weighted by Crippen LogP contribution is -2.17. The number of ether oxygens (including phenoxy) is 2. The molecule has 0 radical (unpaired) electrons. The van der Waals surface area contributed by atoms with Gasteiger partial charge in [-0.3, -0.25) is 4.79 Å². The van der Waals surface area contributed by atoms with E-state index in [0.29, 0.717) is 24.5 Å². The van der Waals surface area contributed by atoms with Gasteiger partial charge in [0.05, 0.1) is 6.61 Å². The van der Waals surface area contributed by atoms with Crippen molar-refractivity contribution in [3.63, 3.8) is 0 Å². The van der Waals surface area contributed by atoms with Crippen molar-refractivity contribution in [1.29, 1.82) is 0 Å². The molecule has 0 N–H and O–H groups in total. The molecule has 122 valence electrons. The van der Waals surface area contributed by atoms with Crippen molar-refractivity contribution in [2.45, 2.75) is 25.3 Å². The molecule has 0 amide bonds. The third-order valence-electron chi connectivity index (χ3n) is 3.61. The summed E-state index contributed by atoms with van der Waals surface area (Å²) in [5, 5.41) is 0. The Labute approximate surface area is 142 Å². The van der Waals surface area contributed by atoms with Crippen LogP contribution in [-0.4, -0.2) is 24.6 Å². The molecule has 0 heterocycles. The number of hydrogen-bond donors (Lipinski definition) is 0. The predicted octanol–water partition coefficient (Wildman–Crippen LogP) is 4.65. The summed E-state index contributed by atoms with van der Waals surface area (Å²) in [7, 11) is 0. The lowest BCUT2D eigenvalue weighted by molar-refractivity contribution is 0.0674. The highest BCUT2D eigenvalue weighted by Gasteiger charge is 2.16. The lowest BCUT2D eigenvalue weighted by Gasteiger charge is -2.19. The van der Waals surface area contributed by atoms with Crippen molar-refractivity contribution in [3.05, 3.63) is 65.7 Å². The van der Waals surface area contributed by atoms with Crippen molar-refractivity contribution < 1.29 is 14.3 Å². The standard InChI is InChI=1S/C19H21ClO3/c1-14(16-6-4-3-5-7-16)19(20)23-13-12-22-18-10-8-17(9-11-18)15(2)21/h3-11,14,19H,12-13H2,1-2H3. The molecule has 2 rings (SSSR count). The topological polar surface area (TPSA) is 35.5 Å². The molecule has 0 saturated carbocycles. The van der Waals surface area contributed by atoms with Gasteiger partial charge in [0.2, 0.25) is 0 Å². The molecule has 0 saturated heterocycles. The molecule has 0 aliphatic heterocycles. The van der Waals surface area contributed by atoms with Gasteiger partial charge >= 0.3 is 0 Å². The van der Waals surface area contributed by atoms with E-state index in [9.17, 15) is 4.79 Å². The van der Waals surface area contributed by atoms with E-state index in [-0.39, 0.29) is 11.7 Å². The van der Waals surface area contributed by atoms with Crippen LogP contribution in [0, 0.1) is 0 Å². The first-order valence-electron chi connectivity index (χ1n) is 7.62. The molecule has 2 aromatic rings. The molecule has 0 bridgehead atoms. The molecule has 0 aliphatic rings. The summed E-state index contributed by atoms with van der Waals surface area (Å²) in [6, 6.07) is 17.1. The van der Waals surface area contributed by atoms with Crippen molar-refractivity contribution in [2.24, 2.45) is 0 Å². The minimum absolute atomic E-state index is 0.0414. The van der Waals surface area contributed by atoms with E-state index in [0.717, 1.165) is 5.56 Å². The Morgan fingerprint density at radius 2 is 1.70 bits per heavy atom. The summed E-state index contributed by atoms with van der Waals surface area (Å²) >= 11 is 6.29. The highest BCUT2D eigenvalue weighted by molar-refractivity contribution is 6.20. The second kappa shape index (κ2) is 8.70. The fraction of sp³-hybridized carbons (Fsp3) is 0.316. The summed E-state index contributed by atoms with van der Waals surface area (Å²) in [6.45, 7) is 4.39. The Hall–Kier alpha value is -1.84. The molecule has 2 unspecified atom stereocenters. The Kier molecular flexibility index (Phi) is 6.63. The maximum atomic E-state index is 11.2. The van der Waals surface area contributed by atoms with Gasteiger partial charge in [-0.1, -0.05) is 48.9 Å². The summed E-state index contributed by atoms with van der Waals surface area (Å²) < 4.78 is 11.2. The van der Waals surface area contributed by atoms with Crippen molar-refractivity contribution in [1.82, 2.24) is 0 Å². The Bertz CT molecular complexity index is 610. The molecule has 23 heavy (non-hydrogen) atoms. The average Bonchev–Trinajstić information content (AvgIpc) is 2.59. The number of benzene rings is 2. The molecule has 0 aromatic heterocycles. The third kappa shape index (κ3) is 5.38. The summed E-state index contributed by atoms with van der Waals surface area (Å²) in [5.74, 6) is 0.855. The highest BCUT2D eigenvalue weighted by Crippen LogP contribution is 2.23. The maximum absolute atomic E-state index is 11.2. The van der Waals surface area contributed by atoms with Crippen LogP contribution < -0.4 is 4.74 Å². The van der Waals surface area contributed by atoms with E-state index in [2.05, 4.69) is 0 Å². The third-order valence-corrected chi connectivity index (χ3v) is 4.11. The maximum Gasteiger partial charge on any atom is 0.159 e. The van der Waals surface area contributed by atoms with E-state index < -0.39 is 5.56 Å². The Balaban J connectivity index is 1.73. The Morgan fingerprint density at radius 3 is 2.30 bits per heavy atom. The average molecular weight is 333 g/mol. The number of halogens is 1. The zero-order valence-electron chi connectivity index (χ0n) is 13.4. The van der Waals surface area contributed by atoms with Crippen LogP contribution in [-0.2, 0) is 4.74 Å². The van der Waals surface area contributed by atoms with E-state index in [1.165, 1.54) is 6.92 Å². The van der Waals surface area contributed by atoms with Crippen molar-refractivity contribution >= 4 is 17.4 Å². The summed E-state index contributed by atoms with van der Waals surface area (Å²) in [4.78, 5) is 11.2. The van der Waals surface area contributed by atoms with Crippen LogP contribution in [0.4, 0.5) is 0 Å². The molecular formula is C19H21ClO3. The smallest absolute Gasteiger partial charge is 0.159 e. The minimum Gasteiger partial charge on any atom is -0.491 e. The monoisotopic (exact) mass is 332 g/mol. The van der Waals surface area contributed by atoms with Gasteiger partial charge in [0.15, 0.2) is 5.78 Å².